The van der Waals surface area contributed by atoms with E-state index in [2.05, 4.69) is 5.32 Å². The van der Waals surface area contributed by atoms with Crippen LogP contribution in [0.2, 0.25) is 0 Å². The smallest absolute Gasteiger partial charge is 0.412 e. The fraction of sp³-hybridized carbons (Fsp3) is 0.375. The zero-order valence-corrected chi connectivity index (χ0v) is 12.6. The van der Waals surface area contributed by atoms with Crippen molar-refractivity contribution in [1.29, 1.82) is 0 Å². The van der Waals surface area contributed by atoms with Crippen LogP contribution in [0.25, 0.3) is 0 Å². The molecule has 1 aromatic rings. The van der Waals surface area contributed by atoms with Gasteiger partial charge >= 0.3 is 12.1 Å². The highest BCUT2D eigenvalue weighted by Gasteiger charge is 2.14. The Bertz CT molecular complexity index is 494. The number of hydrogen-bond donors (Lipinski definition) is 1. The van der Waals surface area contributed by atoms with E-state index in [4.69, 9.17) is 9.47 Å². The summed E-state index contributed by atoms with van der Waals surface area (Å²) in [5.74, 6) is -0.333. The summed E-state index contributed by atoms with van der Waals surface area (Å²) in [6.07, 6.45) is 0.792. The van der Waals surface area contributed by atoms with E-state index in [1.54, 1.807) is 6.92 Å². The molecule has 1 aromatic carbocycles. The molecule has 0 heterocycles. The second-order valence-electron chi connectivity index (χ2n) is 4.88. The number of hydrogen-bond acceptors (Lipinski definition) is 4. The van der Waals surface area contributed by atoms with E-state index in [1.807, 2.05) is 44.2 Å². The molecule has 0 saturated carbocycles. The summed E-state index contributed by atoms with van der Waals surface area (Å²) in [5.41, 5.74) is 0.950. The summed E-state index contributed by atoms with van der Waals surface area (Å²) in [6, 6.07) is 9.29. The number of allylic oxidation sites excluding steroid dienone is 1. The Labute approximate surface area is 124 Å². The largest absolute Gasteiger partial charge is 0.461 e. The van der Waals surface area contributed by atoms with Gasteiger partial charge in [-0.2, -0.15) is 0 Å². The molecule has 0 aliphatic carbocycles. The van der Waals surface area contributed by atoms with Crippen molar-refractivity contribution in [3.8, 4) is 0 Å². The van der Waals surface area contributed by atoms with Gasteiger partial charge in [-0.25, -0.2) is 9.59 Å². The minimum Gasteiger partial charge on any atom is -0.461 e. The van der Waals surface area contributed by atoms with E-state index in [1.165, 1.54) is 6.08 Å². The summed E-state index contributed by atoms with van der Waals surface area (Å²) in [6.45, 7) is 5.96. The molecule has 0 fully saturated rings. The lowest BCUT2D eigenvalue weighted by Crippen LogP contribution is -2.29. The number of benzene rings is 1. The maximum atomic E-state index is 11.7. The molecule has 0 aliphatic heterocycles. The maximum absolute atomic E-state index is 11.7. The third-order valence-electron chi connectivity index (χ3n) is 2.51. The summed E-state index contributed by atoms with van der Waals surface area (Å²) < 4.78 is 10.1. The van der Waals surface area contributed by atoms with E-state index >= 15 is 0 Å². The molecular weight excluding hydrogens is 270 g/mol. The molecule has 0 saturated heterocycles. The fourth-order valence-electron chi connectivity index (χ4n) is 1.43. The van der Waals surface area contributed by atoms with Gasteiger partial charge < -0.3 is 9.47 Å². The molecule has 1 amide bonds. The Hall–Kier alpha value is -2.30. The number of carbonyl (C=O) groups is 2. The Morgan fingerprint density at radius 1 is 1.19 bits per heavy atom. The van der Waals surface area contributed by atoms with Gasteiger partial charge in [-0.05, 0) is 18.4 Å². The Kier molecular flexibility index (Phi) is 7.01. The number of carbonyl (C=O) groups excluding carboxylic acids is 2. The van der Waals surface area contributed by atoms with Crippen LogP contribution in [0.3, 0.4) is 0 Å². The molecule has 0 aromatic heterocycles. The van der Waals surface area contributed by atoms with Crippen LogP contribution in [-0.2, 0) is 20.9 Å². The van der Waals surface area contributed by atoms with Crippen molar-refractivity contribution in [3.63, 3.8) is 0 Å². The van der Waals surface area contributed by atoms with Gasteiger partial charge in [0.25, 0.3) is 0 Å². The zero-order valence-electron chi connectivity index (χ0n) is 12.6. The molecule has 0 bridgehead atoms. The number of esters is 1. The minimum absolute atomic E-state index is 0.0775. The molecular formula is C16H21NO4. The lowest BCUT2D eigenvalue weighted by atomic mass is 10.2. The zero-order chi connectivity index (χ0) is 15.7. The molecule has 0 spiro atoms. The highest BCUT2D eigenvalue weighted by Crippen LogP contribution is 2.02. The first-order valence-corrected chi connectivity index (χ1v) is 6.84. The topological polar surface area (TPSA) is 64.6 Å². The predicted molar refractivity (Wildman–Crippen MR) is 79.3 cm³/mol. The standard InChI is InChI=1S/C16H21NO4/c1-4-14(15(18)20-10-12(2)3)17-16(19)21-11-13-8-6-5-7-9-13/h4-9,12H,10-11H2,1-3H3,(H,17,19)/b14-4-. The number of ether oxygens (including phenoxy) is 2. The molecule has 0 unspecified atom stereocenters. The van der Waals surface area contributed by atoms with Crippen molar-refractivity contribution in [2.24, 2.45) is 5.92 Å². The number of amides is 1. The normalized spacial score (nSPS) is 11.1. The van der Waals surface area contributed by atoms with Gasteiger partial charge in [-0.1, -0.05) is 50.3 Å². The Morgan fingerprint density at radius 2 is 1.86 bits per heavy atom. The molecule has 5 nitrogen and oxygen atoms in total. The van der Waals surface area contributed by atoms with Gasteiger partial charge in [0.1, 0.15) is 12.3 Å². The molecule has 0 radical (unpaired) electrons. The van der Waals surface area contributed by atoms with E-state index in [0.29, 0.717) is 6.61 Å². The average molecular weight is 291 g/mol. The first kappa shape index (κ1) is 16.8. The molecule has 21 heavy (non-hydrogen) atoms. The van der Waals surface area contributed by atoms with Crippen LogP contribution in [0.4, 0.5) is 4.79 Å². The fourth-order valence-corrected chi connectivity index (χ4v) is 1.43. The summed E-state index contributed by atoms with van der Waals surface area (Å²) in [7, 11) is 0. The van der Waals surface area contributed by atoms with E-state index in [0.717, 1.165) is 5.56 Å². The van der Waals surface area contributed by atoms with Gasteiger partial charge in [0, 0.05) is 0 Å². The van der Waals surface area contributed by atoms with Crippen LogP contribution < -0.4 is 5.32 Å². The van der Waals surface area contributed by atoms with Crippen molar-refractivity contribution in [1.82, 2.24) is 5.32 Å². The van der Waals surface area contributed by atoms with Crippen molar-refractivity contribution in [2.45, 2.75) is 27.4 Å². The minimum atomic E-state index is -0.687. The first-order chi connectivity index (χ1) is 10.0. The molecule has 1 N–H and O–H groups in total. The quantitative estimate of drug-likeness (QED) is 0.646. The maximum Gasteiger partial charge on any atom is 0.412 e. The SMILES string of the molecule is C/C=C(\NC(=O)OCc1ccccc1)C(=O)OCC(C)C. The van der Waals surface area contributed by atoms with E-state index in [9.17, 15) is 9.59 Å². The Balaban J connectivity index is 2.42. The third-order valence-corrected chi connectivity index (χ3v) is 2.51. The van der Waals surface area contributed by atoms with Crippen LogP contribution in [0.15, 0.2) is 42.1 Å². The molecule has 114 valence electrons. The van der Waals surface area contributed by atoms with Gasteiger partial charge in [-0.15, -0.1) is 0 Å². The Morgan fingerprint density at radius 3 is 2.43 bits per heavy atom. The highest BCUT2D eigenvalue weighted by molar-refractivity contribution is 5.92. The average Bonchev–Trinajstić information content (AvgIpc) is 2.49. The van der Waals surface area contributed by atoms with Crippen LogP contribution >= 0.6 is 0 Å². The highest BCUT2D eigenvalue weighted by atomic mass is 16.6. The second-order valence-corrected chi connectivity index (χ2v) is 4.88. The van der Waals surface area contributed by atoms with Crippen molar-refractivity contribution >= 4 is 12.1 Å². The van der Waals surface area contributed by atoms with Crippen LogP contribution in [-0.4, -0.2) is 18.7 Å². The number of alkyl carbamates (subject to hydrolysis) is 1. The van der Waals surface area contributed by atoms with Crippen LogP contribution in [0, 0.1) is 5.92 Å². The van der Waals surface area contributed by atoms with Crippen molar-refractivity contribution in [2.75, 3.05) is 6.61 Å². The third kappa shape index (κ3) is 6.61. The molecule has 5 heteroatoms. The predicted octanol–water partition coefficient (Wildman–Crippen LogP) is 3.02. The lowest BCUT2D eigenvalue weighted by molar-refractivity contribution is -0.140. The van der Waals surface area contributed by atoms with Crippen molar-refractivity contribution < 1.29 is 19.1 Å². The van der Waals surface area contributed by atoms with E-state index < -0.39 is 12.1 Å². The second kappa shape index (κ2) is 8.79. The lowest BCUT2D eigenvalue weighted by Gasteiger charge is -2.11. The molecule has 1 rings (SSSR count). The van der Waals surface area contributed by atoms with Crippen molar-refractivity contribution in [3.05, 3.63) is 47.7 Å². The van der Waals surface area contributed by atoms with Gasteiger partial charge in [0.15, 0.2) is 0 Å². The summed E-state index contributed by atoms with van der Waals surface area (Å²) >= 11 is 0. The summed E-state index contributed by atoms with van der Waals surface area (Å²) in [5, 5.41) is 2.39. The van der Waals surface area contributed by atoms with Gasteiger partial charge in [0.05, 0.1) is 6.61 Å². The number of nitrogens with one attached hydrogen (secondary N) is 1. The monoisotopic (exact) mass is 291 g/mol. The number of rotatable bonds is 6. The van der Waals surface area contributed by atoms with Gasteiger partial charge in [-0.3, -0.25) is 5.32 Å². The summed E-state index contributed by atoms with van der Waals surface area (Å²) in [4.78, 5) is 23.4. The van der Waals surface area contributed by atoms with Crippen LogP contribution in [0.1, 0.15) is 26.3 Å². The molecule has 0 aliphatic rings. The van der Waals surface area contributed by atoms with Gasteiger partial charge in [0.2, 0.25) is 0 Å². The molecule has 0 atom stereocenters. The first-order valence-electron chi connectivity index (χ1n) is 6.84. The van der Waals surface area contributed by atoms with E-state index in [-0.39, 0.29) is 18.2 Å². The van der Waals surface area contributed by atoms with Crippen LogP contribution in [0.5, 0.6) is 0 Å².